The minimum absolute atomic E-state index is 0.119. The molecule has 0 amide bonds. The maximum Gasteiger partial charge on any atom is 0.214 e. The van der Waals surface area contributed by atoms with Crippen LogP contribution in [-0.4, -0.2) is 62.3 Å². The average molecular weight is 423 g/mol. The molecule has 0 bridgehead atoms. The van der Waals surface area contributed by atoms with E-state index in [1.54, 1.807) is 18.2 Å². The van der Waals surface area contributed by atoms with E-state index in [2.05, 4.69) is 15.6 Å². The standard InChI is InChI=1S/C16H24Cl2N4O3S/c1-2-19-16(20-4-6-22-5-3-7-26(22,24)25)21-11-15(23)12-8-13(17)10-14(18)9-12/h8-10,15,23H,2-7,11H2,1H3,(H2,19,20,21). The third-order valence-electron chi connectivity index (χ3n) is 3.89. The first-order valence-electron chi connectivity index (χ1n) is 8.46. The van der Waals surface area contributed by atoms with Crippen molar-refractivity contribution < 1.29 is 13.5 Å². The lowest BCUT2D eigenvalue weighted by molar-refractivity contribution is 0.187. The number of halogens is 2. The zero-order valence-electron chi connectivity index (χ0n) is 14.6. The normalized spacial score (nSPS) is 18.7. The summed E-state index contributed by atoms with van der Waals surface area (Å²) in [6, 6.07) is 4.89. The molecule has 0 radical (unpaired) electrons. The van der Waals surface area contributed by atoms with Crippen LogP contribution in [0.5, 0.6) is 0 Å². The van der Waals surface area contributed by atoms with E-state index in [1.165, 1.54) is 4.31 Å². The highest BCUT2D eigenvalue weighted by Crippen LogP contribution is 2.23. The average Bonchev–Trinajstić information content (AvgIpc) is 2.90. The van der Waals surface area contributed by atoms with Crippen molar-refractivity contribution in [1.82, 2.24) is 14.9 Å². The van der Waals surface area contributed by atoms with Gasteiger partial charge in [0.15, 0.2) is 5.96 Å². The molecule has 10 heteroatoms. The number of guanidine groups is 1. The molecule has 1 atom stereocenters. The first-order chi connectivity index (χ1) is 12.3. The second-order valence-electron chi connectivity index (χ2n) is 5.93. The third-order valence-corrected chi connectivity index (χ3v) is 6.29. The van der Waals surface area contributed by atoms with Crippen molar-refractivity contribution in [2.75, 3.05) is 38.5 Å². The molecule has 26 heavy (non-hydrogen) atoms. The number of rotatable bonds is 7. The van der Waals surface area contributed by atoms with Crippen LogP contribution in [0.4, 0.5) is 0 Å². The molecule has 3 N–H and O–H groups in total. The largest absolute Gasteiger partial charge is 0.386 e. The van der Waals surface area contributed by atoms with Crippen molar-refractivity contribution in [1.29, 1.82) is 0 Å². The molecule has 1 unspecified atom stereocenters. The van der Waals surface area contributed by atoms with E-state index < -0.39 is 16.1 Å². The van der Waals surface area contributed by atoms with Crippen LogP contribution in [0.1, 0.15) is 25.0 Å². The van der Waals surface area contributed by atoms with Gasteiger partial charge in [-0.05, 0) is 37.1 Å². The number of nitrogens with one attached hydrogen (secondary N) is 2. The van der Waals surface area contributed by atoms with Gasteiger partial charge in [0.05, 0.1) is 18.4 Å². The predicted octanol–water partition coefficient (Wildman–Crippen LogP) is 1.62. The SMILES string of the molecule is CCNC(=NCC(O)c1cc(Cl)cc(Cl)c1)NCCN1CCCS1(=O)=O. The molecular formula is C16H24Cl2N4O3S. The van der Waals surface area contributed by atoms with Gasteiger partial charge in [-0.3, -0.25) is 4.99 Å². The van der Waals surface area contributed by atoms with Gasteiger partial charge < -0.3 is 15.7 Å². The van der Waals surface area contributed by atoms with E-state index in [1.807, 2.05) is 6.92 Å². The molecule has 1 aromatic carbocycles. The van der Waals surface area contributed by atoms with Gasteiger partial charge in [0.2, 0.25) is 10.0 Å². The highest BCUT2D eigenvalue weighted by Gasteiger charge is 2.27. The fraction of sp³-hybridized carbons (Fsp3) is 0.562. The highest BCUT2D eigenvalue weighted by atomic mass is 35.5. The number of hydrogen-bond donors (Lipinski definition) is 3. The molecule has 1 heterocycles. The van der Waals surface area contributed by atoms with Gasteiger partial charge in [-0.25, -0.2) is 12.7 Å². The summed E-state index contributed by atoms with van der Waals surface area (Å²) in [7, 11) is -3.10. The lowest BCUT2D eigenvalue weighted by atomic mass is 10.1. The van der Waals surface area contributed by atoms with E-state index in [0.717, 1.165) is 0 Å². The second kappa shape index (κ2) is 9.75. The van der Waals surface area contributed by atoms with E-state index in [9.17, 15) is 13.5 Å². The minimum atomic E-state index is -3.10. The zero-order valence-corrected chi connectivity index (χ0v) is 16.9. The van der Waals surface area contributed by atoms with Crippen molar-refractivity contribution in [2.45, 2.75) is 19.4 Å². The molecule has 7 nitrogen and oxygen atoms in total. The molecule has 1 aliphatic heterocycles. The van der Waals surface area contributed by atoms with E-state index >= 15 is 0 Å². The van der Waals surface area contributed by atoms with Crippen LogP contribution in [0.25, 0.3) is 0 Å². The van der Waals surface area contributed by atoms with Crippen LogP contribution in [0, 0.1) is 0 Å². The fourth-order valence-electron chi connectivity index (χ4n) is 2.63. The smallest absolute Gasteiger partial charge is 0.214 e. The van der Waals surface area contributed by atoms with Gasteiger partial charge in [-0.2, -0.15) is 0 Å². The fourth-order valence-corrected chi connectivity index (χ4v) is 4.71. The molecule has 1 aliphatic rings. The molecule has 0 saturated carbocycles. The Balaban J connectivity index is 1.91. The molecule has 0 aliphatic carbocycles. The van der Waals surface area contributed by atoms with E-state index in [0.29, 0.717) is 54.2 Å². The summed E-state index contributed by atoms with van der Waals surface area (Å²) >= 11 is 11.9. The molecule has 0 spiro atoms. The summed E-state index contributed by atoms with van der Waals surface area (Å²) < 4.78 is 25.1. The molecule has 0 aromatic heterocycles. The van der Waals surface area contributed by atoms with Crippen molar-refractivity contribution >= 4 is 39.2 Å². The van der Waals surface area contributed by atoms with Gasteiger partial charge in [0.1, 0.15) is 0 Å². The Morgan fingerprint density at radius 3 is 2.58 bits per heavy atom. The number of aliphatic imine (C=N–C) groups is 1. The van der Waals surface area contributed by atoms with Gasteiger partial charge in [-0.15, -0.1) is 0 Å². The topological polar surface area (TPSA) is 94.0 Å². The summed E-state index contributed by atoms with van der Waals surface area (Å²) in [5.74, 6) is 0.728. The predicted molar refractivity (Wildman–Crippen MR) is 105 cm³/mol. The van der Waals surface area contributed by atoms with Crippen molar-refractivity contribution in [3.8, 4) is 0 Å². The third kappa shape index (κ3) is 6.28. The maximum absolute atomic E-state index is 11.8. The van der Waals surface area contributed by atoms with E-state index in [-0.39, 0.29) is 12.3 Å². The van der Waals surface area contributed by atoms with Crippen LogP contribution in [0.3, 0.4) is 0 Å². The lowest BCUT2D eigenvalue weighted by Gasteiger charge is -2.17. The molecule has 1 aromatic rings. The Morgan fingerprint density at radius 1 is 1.31 bits per heavy atom. The first-order valence-corrected chi connectivity index (χ1v) is 10.8. The Labute approximate surface area is 164 Å². The van der Waals surface area contributed by atoms with Gasteiger partial charge in [0, 0.05) is 36.2 Å². The maximum atomic E-state index is 11.8. The van der Waals surface area contributed by atoms with Crippen LogP contribution in [0.15, 0.2) is 23.2 Å². The van der Waals surface area contributed by atoms with E-state index in [4.69, 9.17) is 23.2 Å². The first kappa shape index (κ1) is 21.2. The monoisotopic (exact) mass is 422 g/mol. The number of sulfonamides is 1. The lowest BCUT2D eigenvalue weighted by Crippen LogP contribution is -2.42. The highest BCUT2D eigenvalue weighted by molar-refractivity contribution is 7.89. The molecular weight excluding hydrogens is 399 g/mol. The van der Waals surface area contributed by atoms with Crippen molar-refractivity contribution in [3.63, 3.8) is 0 Å². The number of benzene rings is 1. The van der Waals surface area contributed by atoms with Crippen molar-refractivity contribution in [3.05, 3.63) is 33.8 Å². The zero-order chi connectivity index (χ0) is 19.2. The Kier molecular flexibility index (Phi) is 7.97. The van der Waals surface area contributed by atoms with Gasteiger partial charge in [-0.1, -0.05) is 23.2 Å². The van der Waals surface area contributed by atoms with Gasteiger partial charge in [0.25, 0.3) is 0 Å². The minimum Gasteiger partial charge on any atom is -0.386 e. The summed E-state index contributed by atoms with van der Waals surface area (Å²) in [5, 5.41) is 17.3. The van der Waals surface area contributed by atoms with Crippen molar-refractivity contribution in [2.24, 2.45) is 4.99 Å². The van der Waals surface area contributed by atoms with Gasteiger partial charge >= 0.3 is 0 Å². The number of aliphatic hydroxyl groups excluding tert-OH is 1. The number of hydrogen-bond acceptors (Lipinski definition) is 4. The second-order valence-corrected chi connectivity index (χ2v) is 8.89. The Bertz CT molecular complexity index is 723. The molecule has 146 valence electrons. The number of aliphatic hydroxyl groups is 1. The number of nitrogens with zero attached hydrogens (tertiary/aromatic N) is 2. The summed E-state index contributed by atoms with van der Waals surface area (Å²) in [5.41, 5.74) is 0.588. The molecule has 1 fully saturated rings. The van der Waals surface area contributed by atoms with Crippen LogP contribution in [0.2, 0.25) is 10.0 Å². The molecule has 1 saturated heterocycles. The van der Waals surface area contributed by atoms with Crippen LogP contribution >= 0.6 is 23.2 Å². The quantitative estimate of drug-likeness (QED) is 0.458. The summed E-state index contributed by atoms with van der Waals surface area (Å²) in [6.07, 6.45) is -0.175. The van der Waals surface area contributed by atoms with Crippen LogP contribution < -0.4 is 10.6 Å². The Morgan fingerprint density at radius 2 is 2.00 bits per heavy atom. The summed E-state index contributed by atoms with van der Waals surface area (Å²) in [6.45, 7) is 4.07. The Hall–Kier alpha value is -1.06. The van der Waals surface area contributed by atoms with Crippen LogP contribution in [-0.2, 0) is 10.0 Å². The molecule has 2 rings (SSSR count). The summed E-state index contributed by atoms with van der Waals surface area (Å²) in [4.78, 5) is 4.34.